The number of hydrogen-bond donors (Lipinski definition) is 1. The average Bonchev–Trinajstić information content (AvgIpc) is 3.76. The standard InChI is InChI=1S/C25H23F5N2O5S/c1-38(35,36)15-4-2-3-13(7-15)24(34)32-19-8-14(19)9-20(32)23(33)31-22(12-5-6-12)16-10-18(27)21(11-17(16)26)37-25(28,29)30/h2-4,7,10-12,14,19-20,22H,5-6,8-9H2,1H3,(H,31,33)/t14-,19-,20-,22-/m1/s1. The van der Waals surface area contributed by atoms with E-state index in [2.05, 4.69) is 10.1 Å². The summed E-state index contributed by atoms with van der Waals surface area (Å²) in [5, 5.41) is 2.69. The van der Waals surface area contributed by atoms with Crippen LogP contribution in [0.15, 0.2) is 41.3 Å². The molecule has 1 heterocycles. The van der Waals surface area contributed by atoms with Crippen molar-refractivity contribution in [3.8, 4) is 5.75 Å². The summed E-state index contributed by atoms with van der Waals surface area (Å²) in [5.41, 5.74) is -0.208. The molecular weight excluding hydrogens is 535 g/mol. The molecule has 2 aromatic carbocycles. The predicted octanol–water partition coefficient (Wildman–Crippen LogP) is 4.14. The zero-order valence-electron chi connectivity index (χ0n) is 20.0. The Bertz CT molecular complexity index is 1410. The predicted molar refractivity (Wildman–Crippen MR) is 123 cm³/mol. The number of hydrogen-bond acceptors (Lipinski definition) is 5. The van der Waals surface area contributed by atoms with Crippen LogP contribution in [0.1, 0.15) is 47.6 Å². The van der Waals surface area contributed by atoms with Gasteiger partial charge in [0, 0.05) is 29.5 Å². The van der Waals surface area contributed by atoms with Crippen molar-refractivity contribution >= 4 is 21.7 Å². The summed E-state index contributed by atoms with van der Waals surface area (Å²) in [6.45, 7) is 0. The molecule has 2 amide bonds. The highest BCUT2D eigenvalue weighted by molar-refractivity contribution is 7.90. The molecule has 1 N–H and O–H groups in total. The lowest BCUT2D eigenvalue weighted by atomic mass is 10.00. The Kier molecular flexibility index (Phi) is 6.40. The van der Waals surface area contributed by atoms with E-state index in [1.807, 2.05) is 0 Å². The van der Waals surface area contributed by atoms with Gasteiger partial charge >= 0.3 is 6.36 Å². The fourth-order valence-electron chi connectivity index (χ4n) is 5.11. The summed E-state index contributed by atoms with van der Waals surface area (Å²) < 4.78 is 94.1. The summed E-state index contributed by atoms with van der Waals surface area (Å²) in [6, 6.07) is 4.25. The van der Waals surface area contributed by atoms with E-state index in [1.165, 1.54) is 29.2 Å². The molecule has 0 unspecified atom stereocenters. The van der Waals surface area contributed by atoms with Gasteiger partial charge in [0.15, 0.2) is 21.4 Å². The van der Waals surface area contributed by atoms with E-state index in [-0.39, 0.29) is 33.9 Å². The molecule has 2 saturated carbocycles. The average molecular weight is 559 g/mol. The van der Waals surface area contributed by atoms with Gasteiger partial charge in [-0.1, -0.05) is 6.07 Å². The third-order valence-electron chi connectivity index (χ3n) is 7.15. The van der Waals surface area contributed by atoms with Gasteiger partial charge < -0.3 is 15.0 Å². The van der Waals surface area contributed by atoms with E-state index in [1.54, 1.807) is 0 Å². The number of nitrogens with zero attached hydrogens (tertiary/aromatic N) is 1. The zero-order chi connectivity index (χ0) is 27.6. The summed E-state index contributed by atoms with van der Waals surface area (Å²) in [4.78, 5) is 28.1. The molecule has 0 radical (unpaired) electrons. The minimum Gasteiger partial charge on any atom is -0.403 e. The lowest BCUT2D eigenvalue weighted by Gasteiger charge is -2.29. The molecule has 4 atom stereocenters. The SMILES string of the molecule is CS(=O)(=O)c1cccc(C(=O)N2[C@@H](C(=O)N[C@@H](c3cc(F)c(OC(F)(F)F)cc3F)C3CC3)C[C@H]3C[C@H]32)c1. The van der Waals surface area contributed by atoms with Crippen LogP contribution in [0.25, 0.3) is 0 Å². The number of carbonyl (C=O) groups is 2. The number of sulfone groups is 1. The molecule has 3 fully saturated rings. The van der Waals surface area contributed by atoms with Gasteiger partial charge in [0.1, 0.15) is 11.9 Å². The second-order valence-corrected chi connectivity index (χ2v) is 12.0. The van der Waals surface area contributed by atoms with Gasteiger partial charge in [-0.2, -0.15) is 0 Å². The molecule has 1 saturated heterocycles. The molecule has 7 nitrogen and oxygen atoms in total. The van der Waals surface area contributed by atoms with Gasteiger partial charge in [-0.25, -0.2) is 17.2 Å². The van der Waals surface area contributed by atoms with Crippen LogP contribution < -0.4 is 10.1 Å². The maximum Gasteiger partial charge on any atom is 0.573 e. The number of rotatable bonds is 7. The van der Waals surface area contributed by atoms with Crippen LogP contribution in [-0.4, -0.2) is 49.8 Å². The lowest BCUT2D eigenvalue weighted by Crippen LogP contribution is -2.49. The second-order valence-electron chi connectivity index (χ2n) is 10.0. The van der Waals surface area contributed by atoms with Gasteiger partial charge in [-0.05, 0) is 61.8 Å². The lowest BCUT2D eigenvalue weighted by molar-refractivity contribution is -0.275. The Labute approximate surface area is 214 Å². The number of nitrogens with one attached hydrogen (secondary N) is 1. The molecule has 0 aromatic heterocycles. The highest BCUT2D eigenvalue weighted by atomic mass is 32.2. The van der Waals surface area contributed by atoms with Crippen molar-refractivity contribution in [2.45, 2.75) is 55.1 Å². The van der Waals surface area contributed by atoms with Crippen molar-refractivity contribution in [3.63, 3.8) is 0 Å². The van der Waals surface area contributed by atoms with Crippen molar-refractivity contribution in [2.75, 3.05) is 6.26 Å². The number of carbonyl (C=O) groups excluding carboxylic acids is 2. The Morgan fingerprint density at radius 3 is 2.42 bits per heavy atom. The molecule has 5 rings (SSSR count). The van der Waals surface area contributed by atoms with Crippen molar-refractivity contribution < 1.29 is 44.7 Å². The van der Waals surface area contributed by atoms with Gasteiger partial charge in [0.05, 0.1) is 10.9 Å². The number of ether oxygens (including phenoxy) is 1. The van der Waals surface area contributed by atoms with Gasteiger partial charge in [0.25, 0.3) is 5.91 Å². The van der Waals surface area contributed by atoms with Gasteiger partial charge in [-0.3, -0.25) is 9.59 Å². The number of benzene rings is 2. The monoisotopic (exact) mass is 558 g/mol. The number of alkyl halides is 3. The molecule has 2 aliphatic carbocycles. The first kappa shape index (κ1) is 26.4. The highest BCUT2D eigenvalue weighted by Gasteiger charge is 2.56. The fraction of sp³-hybridized carbons (Fsp3) is 0.440. The number of halogens is 5. The van der Waals surface area contributed by atoms with E-state index in [9.17, 15) is 40.0 Å². The Balaban J connectivity index is 1.38. The molecule has 38 heavy (non-hydrogen) atoms. The molecule has 0 spiro atoms. The van der Waals surface area contributed by atoms with Crippen LogP contribution in [-0.2, 0) is 14.6 Å². The summed E-state index contributed by atoms with van der Waals surface area (Å²) in [5.74, 6) is -5.20. The van der Waals surface area contributed by atoms with Crippen LogP contribution in [0.4, 0.5) is 22.0 Å². The van der Waals surface area contributed by atoms with E-state index < -0.39 is 57.5 Å². The smallest absolute Gasteiger partial charge is 0.403 e. The third-order valence-corrected chi connectivity index (χ3v) is 8.26. The number of fused-ring (bicyclic) bond motifs is 1. The fourth-order valence-corrected chi connectivity index (χ4v) is 5.77. The van der Waals surface area contributed by atoms with E-state index in [4.69, 9.17) is 0 Å². The number of piperidine rings is 1. The summed E-state index contributed by atoms with van der Waals surface area (Å²) in [7, 11) is -3.57. The van der Waals surface area contributed by atoms with Crippen molar-refractivity contribution in [1.82, 2.24) is 10.2 Å². The minimum absolute atomic E-state index is 0.0415. The molecule has 2 aromatic rings. The maximum absolute atomic E-state index is 14.8. The third kappa shape index (κ3) is 5.33. The van der Waals surface area contributed by atoms with Crippen molar-refractivity contribution in [2.24, 2.45) is 11.8 Å². The molecule has 13 heteroatoms. The van der Waals surface area contributed by atoms with Crippen LogP contribution in [0.2, 0.25) is 0 Å². The molecule has 1 aliphatic heterocycles. The second kappa shape index (κ2) is 9.21. The van der Waals surface area contributed by atoms with E-state index in [0.717, 1.165) is 6.26 Å². The summed E-state index contributed by atoms with van der Waals surface area (Å²) >= 11 is 0. The van der Waals surface area contributed by atoms with Crippen LogP contribution in [0.5, 0.6) is 5.75 Å². The van der Waals surface area contributed by atoms with Gasteiger partial charge in [-0.15, -0.1) is 13.2 Å². The first-order valence-electron chi connectivity index (χ1n) is 11.9. The highest BCUT2D eigenvalue weighted by Crippen LogP contribution is 2.49. The number of amides is 2. The minimum atomic E-state index is -5.21. The molecule has 0 bridgehead atoms. The summed E-state index contributed by atoms with van der Waals surface area (Å²) in [6.07, 6.45) is -1.98. The Hall–Kier alpha value is -3.22. The molecular formula is C25H23F5N2O5S. The maximum atomic E-state index is 14.8. The normalized spacial score (nSPS) is 23.5. The Morgan fingerprint density at radius 1 is 1.08 bits per heavy atom. The zero-order valence-corrected chi connectivity index (χ0v) is 20.8. The van der Waals surface area contributed by atoms with Crippen LogP contribution in [0.3, 0.4) is 0 Å². The topological polar surface area (TPSA) is 92.8 Å². The van der Waals surface area contributed by atoms with Crippen LogP contribution in [0, 0.1) is 23.5 Å². The quantitative estimate of drug-likeness (QED) is 0.516. The first-order chi connectivity index (χ1) is 17.7. The van der Waals surface area contributed by atoms with Crippen LogP contribution >= 0.6 is 0 Å². The first-order valence-corrected chi connectivity index (χ1v) is 13.8. The molecule has 3 aliphatic rings. The molecule has 204 valence electrons. The van der Waals surface area contributed by atoms with Crippen molar-refractivity contribution in [3.05, 3.63) is 59.2 Å². The van der Waals surface area contributed by atoms with E-state index >= 15 is 0 Å². The van der Waals surface area contributed by atoms with Crippen molar-refractivity contribution in [1.29, 1.82) is 0 Å². The Morgan fingerprint density at radius 2 is 1.79 bits per heavy atom. The largest absolute Gasteiger partial charge is 0.573 e. The number of likely N-dealkylation sites (tertiary alicyclic amines) is 1. The van der Waals surface area contributed by atoms with E-state index in [0.29, 0.717) is 37.8 Å². The van der Waals surface area contributed by atoms with Gasteiger partial charge in [0.2, 0.25) is 5.91 Å².